The van der Waals surface area contributed by atoms with Crippen molar-refractivity contribution in [3.8, 4) is 0 Å². The molecule has 0 radical (unpaired) electrons. The highest BCUT2D eigenvalue weighted by atomic mass is 16.5. The molecule has 3 heteroatoms. The van der Waals surface area contributed by atoms with Crippen LogP contribution in [0.4, 0.5) is 0 Å². The van der Waals surface area contributed by atoms with E-state index in [1.54, 1.807) is 0 Å². The van der Waals surface area contributed by atoms with Crippen molar-refractivity contribution in [2.75, 3.05) is 13.2 Å². The summed E-state index contributed by atoms with van der Waals surface area (Å²) in [5.74, 6) is 0.768. The number of fused-ring (bicyclic) bond motifs is 2. The molecule has 0 aromatic rings. The van der Waals surface area contributed by atoms with Gasteiger partial charge in [0.2, 0.25) is 0 Å². The first kappa shape index (κ1) is 14.8. The standard InChI is InChI=1S/C17H31NO2/c1-2-10-18-16(7-3-5-13-6-4-11-19-13)15-12-14-8-9-17(15)20-14/h13-18H,2-12H2,1H3. The molecule has 3 saturated heterocycles. The van der Waals surface area contributed by atoms with Crippen LogP contribution in [0.2, 0.25) is 0 Å². The molecule has 0 spiro atoms. The fourth-order valence-electron chi connectivity index (χ4n) is 4.34. The van der Waals surface area contributed by atoms with Crippen LogP contribution in [-0.4, -0.2) is 37.5 Å². The van der Waals surface area contributed by atoms with Crippen LogP contribution in [-0.2, 0) is 9.47 Å². The Kier molecular flexibility index (Phi) is 5.36. The summed E-state index contributed by atoms with van der Waals surface area (Å²) in [4.78, 5) is 0. The lowest BCUT2D eigenvalue weighted by molar-refractivity contribution is 0.0822. The van der Waals surface area contributed by atoms with Crippen LogP contribution in [0.3, 0.4) is 0 Å². The van der Waals surface area contributed by atoms with Crippen molar-refractivity contribution in [3.63, 3.8) is 0 Å². The van der Waals surface area contributed by atoms with Crippen molar-refractivity contribution in [3.05, 3.63) is 0 Å². The average molecular weight is 281 g/mol. The van der Waals surface area contributed by atoms with E-state index in [9.17, 15) is 0 Å². The van der Waals surface area contributed by atoms with Gasteiger partial charge in [0.05, 0.1) is 18.3 Å². The first-order valence-electron chi connectivity index (χ1n) is 8.87. The summed E-state index contributed by atoms with van der Waals surface area (Å²) in [6.07, 6.45) is 13.2. The number of rotatable bonds is 8. The molecular formula is C17H31NO2. The highest BCUT2D eigenvalue weighted by molar-refractivity contribution is 4.95. The van der Waals surface area contributed by atoms with E-state index >= 15 is 0 Å². The Balaban J connectivity index is 1.45. The summed E-state index contributed by atoms with van der Waals surface area (Å²) in [7, 11) is 0. The van der Waals surface area contributed by atoms with Crippen molar-refractivity contribution < 1.29 is 9.47 Å². The van der Waals surface area contributed by atoms with E-state index in [0.29, 0.717) is 24.4 Å². The van der Waals surface area contributed by atoms with Gasteiger partial charge in [-0.05, 0) is 64.3 Å². The summed E-state index contributed by atoms with van der Waals surface area (Å²) in [5, 5.41) is 3.80. The Labute approximate surface area is 123 Å². The van der Waals surface area contributed by atoms with Crippen molar-refractivity contribution in [2.45, 2.75) is 89.1 Å². The van der Waals surface area contributed by atoms with Crippen molar-refractivity contribution in [1.82, 2.24) is 5.32 Å². The molecule has 20 heavy (non-hydrogen) atoms. The van der Waals surface area contributed by atoms with Gasteiger partial charge in [-0.2, -0.15) is 0 Å². The van der Waals surface area contributed by atoms with Crippen molar-refractivity contribution >= 4 is 0 Å². The Morgan fingerprint density at radius 2 is 2.20 bits per heavy atom. The number of hydrogen-bond acceptors (Lipinski definition) is 3. The molecule has 1 N–H and O–H groups in total. The lowest BCUT2D eigenvalue weighted by Gasteiger charge is -2.29. The Bertz CT molecular complexity index is 291. The van der Waals surface area contributed by atoms with E-state index in [4.69, 9.17) is 9.47 Å². The van der Waals surface area contributed by atoms with Crippen LogP contribution in [0.1, 0.15) is 64.7 Å². The van der Waals surface area contributed by atoms with Crippen LogP contribution >= 0.6 is 0 Å². The van der Waals surface area contributed by atoms with Crippen LogP contribution in [0.5, 0.6) is 0 Å². The molecule has 3 heterocycles. The van der Waals surface area contributed by atoms with Gasteiger partial charge in [-0.15, -0.1) is 0 Å². The molecule has 5 unspecified atom stereocenters. The largest absolute Gasteiger partial charge is 0.378 e. The quantitative estimate of drug-likeness (QED) is 0.740. The molecule has 0 aromatic heterocycles. The zero-order valence-corrected chi connectivity index (χ0v) is 13.0. The second-order valence-electron chi connectivity index (χ2n) is 6.90. The summed E-state index contributed by atoms with van der Waals surface area (Å²) < 4.78 is 11.8. The molecule has 0 amide bonds. The molecule has 0 aliphatic carbocycles. The second-order valence-corrected chi connectivity index (χ2v) is 6.90. The number of hydrogen-bond donors (Lipinski definition) is 1. The molecular weight excluding hydrogens is 250 g/mol. The predicted molar refractivity (Wildman–Crippen MR) is 80.9 cm³/mol. The number of ether oxygens (including phenoxy) is 2. The molecule has 3 nitrogen and oxygen atoms in total. The third kappa shape index (κ3) is 3.55. The lowest BCUT2D eigenvalue weighted by Crippen LogP contribution is -2.41. The highest BCUT2D eigenvalue weighted by Crippen LogP contribution is 2.41. The van der Waals surface area contributed by atoms with E-state index in [1.807, 2.05) is 0 Å². The second kappa shape index (κ2) is 7.24. The summed E-state index contributed by atoms with van der Waals surface area (Å²) in [5.41, 5.74) is 0. The normalized spacial score (nSPS) is 37.6. The van der Waals surface area contributed by atoms with E-state index in [1.165, 1.54) is 57.8 Å². The van der Waals surface area contributed by atoms with Crippen LogP contribution in [0, 0.1) is 5.92 Å². The molecule has 5 atom stereocenters. The smallest absolute Gasteiger partial charge is 0.0623 e. The minimum Gasteiger partial charge on any atom is -0.378 e. The molecule has 0 aromatic carbocycles. The molecule has 116 valence electrons. The first-order chi connectivity index (χ1) is 9.86. The first-order valence-corrected chi connectivity index (χ1v) is 8.87. The highest BCUT2D eigenvalue weighted by Gasteiger charge is 2.43. The van der Waals surface area contributed by atoms with Gasteiger partial charge >= 0.3 is 0 Å². The van der Waals surface area contributed by atoms with Gasteiger partial charge in [0.1, 0.15) is 0 Å². The van der Waals surface area contributed by atoms with Crippen molar-refractivity contribution in [1.29, 1.82) is 0 Å². The maximum atomic E-state index is 6.06. The molecule has 3 fully saturated rings. The predicted octanol–water partition coefficient (Wildman–Crippen LogP) is 3.27. The van der Waals surface area contributed by atoms with Crippen LogP contribution in [0.15, 0.2) is 0 Å². The topological polar surface area (TPSA) is 30.5 Å². The minimum absolute atomic E-state index is 0.553. The van der Waals surface area contributed by atoms with E-state index in [-0.39, 0.29) is 0 Å². The Morgan fingerprint density at radius 3 is 2.85 bits per heavy atom. The summed E-state index contributed by atoms with van der Waals surface area (Å²) in [6.45, 7) is 4.40. The van der Waals surface area contributed by atoms with E-state index in [2.05, 4.69) is 12.2 Å². The van der Waals surface area contributed by atoms with Crippen LogP contribution < -0.4 is 5.32 Å². The Hall–Kier alpha value is -0.120. The molecule has 3 aliphatic heterocycles. The van der Waals surface area contributed by atoms with Gasteiger partial charge in [-0.25, -0.2) is 0 Å². The van der Waals surface area contributed by atoms with E-state index < -0.39 is 0 Å². The van der Waals surface area contributed by atoms with Crippen LogP contribution in [0.25, 0.3) is 0 Å². The monoisotopic (exact) mass is 281 g/mol. The zero-order chi connectivity index (χ0) is 13.8. The van der Waals surface area contributed by atoms with Gasteiger partial charge in [-0.1, -0.05) is 6.92 Å². The fraction of sp³-hybridized carbons (Fsp3) is 1.00. The molecule has 2 bridgehead atoms. The van der Waals surface area contributed by atoms with Crippen molar-refractivity contribution in [2.24, 2.45) is 5.92 Å². The third-order valence-corrected chi connectivity index (χ3v) is 5.39. The maximum absolute atomic E-state index is 6.06. The van der Waals surface area contributed by atoms with E-state index in [0.717, 1.165) is 19.1 Å². The Morgan fingerprint density at radius 1 is 1.25 bits per heavy atom. The molecule has 0 saturated carbocycles. The molecule has 3 aliphatic rings. The fourth-order valence-corrected chi connectivity index (χ4v) is 4.34. The average Bonchev–Trinajstić information content (AvgIpc) is 3.19. The summed E-state index contributed by atoms with van der Waals surface area (Å²) in [6, 6.07) is 0.673. The van der Waals surface area contributed by atoms with Gasteiger partial charge in [0, 0.05) is 18.6 Å². The maximum Gasteiger partial charge on any atom is 0.0623 e. The third-order valence-electron chi connectivity index (χ3n) is 5.39. The lowest BCUT2D eigenvalue weighted by atomic mass is 9.81. The summed E-state index contributed by atoms with van der Waals surface area (Å²) >= 11 is 0. The number of nitrogens with one attached hydrogen (secondary N) is 1. The SMILES string of the molecule is CCCNC(CCCC1CCCO1)C1CC2CCC1O2. The van der Waals surface area contributed by atoms with Gasteiger partial charge in [0.15, 0.2) is 0 Å². The van der Waals surface area contributed by atoms with Gasteiger partial charge in [0.25, 0.3) is 0 Å². The minimum atomic E-state index is 0.553. The van der Waals surface area contributed by atoms with Gasteiger partial charge < -0.3 is 14.8 Å². The zero-order valence-electron chi connectivity index (χ0n) is 13.0. The molecule has 3 rings (SSSR count). The van der Waals surface area contributed by atoms with Gasteiger partial charge in [-0.3, -0.25) is 0 Å².